The Balaban J connectivity index is 1.51. The molecular formula is C22H23N5O. The summed E-state index contributed by atoms with van der Waals surface area (Å²) in [6, 6.07) is 12.1. The number of rotatable bonds is 3. The van der Waals surface area contributed by atoms with Crippen LogP contribution in [0.3, 0.4) is 0 Å². The number of hydrogen-bond donors (Lipinski definition) is 1. The van der Waals surface area contributed by atoms with Crippen LogP contribution in [0.25, 0.3) is 16.6 Å². The number of H-pyrrole nitrogens is 1. The molecule has 6 heteroatoms. The molecule has 1 aliphatic rings. The quantitative estimate of drug-likeness (QED) is 0.597. The number of para-hydroxylation sites is 1. The van der Waals surface area contributed by atoms with E-state index in [-0.39, 0.29) is 11.4 Å². The summed E-state index contributed by atoms with van der Waals surface area (Å²) in [5, 5.41) is 5.74. The van der Waals surface area contributed by atoms with Gasteiger partial charge in [0.2, 0.25) is 5.91 Å². The smallest absolute Gasteiger partial charge is 0.227 e. The Morgan fingerprint density at radius 2 is 2.14 bits per heavy atom. The SMILES string of the molecule is Cc1cc2nccc(C3(C)CCCN3C(=O)Cc3c[nH]c4ccccc34)n2n1. The lowest BCUT2D eigenvalue weighted by Gasteiger charge is -2.35. The molecule has 1 N–H and O–H groups in total. The molecule has 142 valence electrons. The number of aryl methyl sites for hydroxylation is 1. The van der Waals surface area contributed by atoms with Crippen LogP contribution in [0, 0.1) is 6.92 Å². The van der Waals surface area contributed by atoms with Crippen molar-refractivity contribution in [2.45, 2.75) is 38.6 Å². The van der Waals surface area contributed by atoms with Gasteiger partial charge in [0.05, 0.1) is 23.3 Å². The van der Waals surface area contributed by atoms with Crippen LogP contribution >= 0.6 is 0 Å². The summed E-state index contributed by atoms with van der Waals surface area (Å²) in [5.41, 5.74) is 4.51. The number of fused-ring (bicyclic) bond motifs is 2. The Bertz CT molecular complexity index is 1190. The fourth-order valence-corrected chi connectivity index (χ4v) is 4.58. The highest BCUT2D eigenvalue weighted by Crippen LogP contribution is 2.39. The van der Waals surface area contributed by atoms with Gasteiger partial charge in [-0.25, -0.2) is 9.50 Å². The van der Waals surface area contributed by atoms with Gasteiger partial charge >= 0.3 is 0 Å². The van der Waals surface area contributed by atoms with Gasteiger partial charge < -0.3 is 9.88 Å². The molecule has 6 nitrogen and oxygen atoms in total. The molecule has 28 heavy (non-hydrogen) atoms. The number of hydrogen-bond acceptors (Lipinski definition) is 3. The minimum Gasteiger partial charge on any atom is -0.361 e. The van der Waals surface area contributed by atoms with Gasteiger partial charge in [0, 0.05) is 35.9 Å². The molecule has 1 aromatic carbocycles. The van der Waals surface area contributed by atoms with E-state index in [0.29, 0.717) is 6.42 Å². The predicted octanol–water partition coefficient (Wildman–Crippen LogP) is 3.60. The van der Waals surface area contributed by atoms with E-state index in [4.69, 9.17) is 0 Å². The number of benzene rings is 1. The van der Waals surface area contributed by atoms with Crippen molar-refractivity contribution in [3.05, 3.63) is 65.7 Å². The third kappa shape index (κ3) is 2.52. The van der Waals surface area contributed by atoms with E-state index < -0.39 is 0 Å². The minimum absolute atomic E-state index is 0.151. The molecule has 1 saturated heterocycles. The average Bonchev–Trinajstić information content (AvgIpc) is 3.38. The summed E-state index contributed by atoms with van der Waals surface area (Å²) in [6.45, 7) is 4.88. The van der Waals surface area contributed by atoms with E-state index in [1.54, 1.807) is 0 Å². The molecular weight excluding hydrogens is 350 g/mol. The van der Waals surface area contributed by atoms with Crippen molar-refractivity contribution in [3.8, 4) is 0 Å². The average molecular weight is 373 g/mol. The second-order valence-corrected chi connectivity index (χ2v) is 7.84. The number of amides is 1. The van der Waals surface area contributed by atoms with Crippen molar-refractivity contribution in [1.29, 1.82) is 0 Å². The molecule has 5 rings (SSSR count). The van der Waals surface area contributed by atoms with Gasteiger partial charge in [-0.3, -0.25) is 4.79 Å². The van der Waals surface area contributed by atoms with Crippen LogP contribution < -0.4 is 0 Å². The fourth-order valence-electron chi connectivity index (χ4n) is 4.58. The van der Waals surface area contributed by atoms with E-state index >= 15 is 0 Å². The van der Waals surface area contributed by atoms with E-state index in [0.717, 1.165) is 52.9 Å². The second kappa shape index (κ2) is 6.19. The summed E-state index contributed by atoms with van der Waals surface area (Å²) in [5.74, 6) is 0.151. The van der Waals surface area contributed by atoms with Gasteiger partial charge in [0.25, 0.3) is 0 Å². The molecule has 4 aromatic rings. The normalized spacial score (nSPS) is 19.7. The Morgan fingerprint density at radius 1 is 1.29 bits per heavy atom. The number of carbonyl (C=O) groups excluding carboxylic acids is 1. The summed E-state index contributed by atoms with van der Waals surface area (Å²) in [6.07, 6.45) is 6.08. The Hall–Kier alpha value is -3.15. The van der Waals surface area contributed by atoms with Crippen LogP contribution in [0.1, 0.15) is 36.7 Å². The monoisotopic (exact) mass is 373 g/mol. The van der Waals surface area contributed by atoms with E-state index in [1.807, 2.05) is 59.1 Å². The molecule has 1 atom stereocenters. The van der Waals surface area contributed by atoms with Gasteiger partial charge in [0.1, 0.15) is 0 Å². The maximum Gasteiger partial charge on any atom is 0.227 e. The van der Waals surface area contributed by atoms with Gasteiger partial charge in [-0.1, -0.05) is 18.2 Å². The maximum absolute atomic E-state index is 13.4. The van der Waals surface area contributed by atoms with Crippen molar-refractivity contribution < 1.29 is 4.79 Å². The van der Waals surface area contributed by atoms with E-state index in [9.17, 15) is 4.79 Å². The predicted molar refractivity (Wildman–Crippen MR) is 108 cm³/mol. The molecule has 1 aliphatic heterocycles. The van der Waals surface area contributed by atoms with Crippen molar-refractivity contribution in [2.75, 3.05) is 6.54 Å². The number of nitrogens with zero attached hydrogens (tertiary/aromatic N) is 4. The van der Waals surface area contributed by atoms with Crippen molar-refractivity contribution >= 4 is 22.5 Å². The first-order chi connectivity index (χ1) is 13.6. The zero-order valence-electron chi connectivity index (χ0n) is 16.1. The van der Waals surface area contributed by atoms with Gasteiger partial charge in [0.15, 0.2) is 5.65 Å². The van der Waals surface area contributed by atoms with Gasteiger partial charge in [-0.15, -0.1) is 0 Å². The first kappa shape index (κ1) is 17.0. The molecule has 3 aromatic heterocycles. The van der Waals surface area contributed by atoms with Crippen molar-refractivity contribution in [3.63, 3.8) is 0 Å². The van der Waals surface area contributed by atoms with Crippen LogP contribution in [0.15, 0.2) is 48.8 Å². The molecule has 0 aliphatic carbocycles. The third-order valence-electron chi connectivity index (χ3n) is 5.99. The van der Waals surface area contributed by atoms with Gasteiger partial charge in [-0.2, -0.15) is 5.10 Å². The first-order valence-corrected chi connectivity index (χ1v) is 9.73. The van der Waals surface area contributed by atoms with Crippen molar-refractivity contribution in [2.24, 2.45) is 0 Å². The number of likely N-dealkylation sites (tertiary alicyclic amines) is 1. The van der Waals surface area contributed by atoms with Crippen LogP contribution in [0.5, 0.6) is 0 Å². The molecule has 1 unspecified atom stereocenters. The first-order valence-electron chi connectivity index (χ1n) is 9.73. The molecule has 1 amide bonds. The summed E-state index contributed by atoms with van der Waals surface area (Å²) in [7, 11) is 0. The van der Waals surface area contributed by atoms with Crippen LogP contribution in [-0.2, 0) is 16.8 Å². The maximum atomic E-state index is 13.4. The molecule has 1 fully saturated rings. The Kier molecular flexibility index (Phi) is 3.75. The second-order valence-electron chi connectivity index (χ2n) is 7.84. The van der Waals surface area contributed by atoms with Crippen LogP contribution in [0.4, 0.5) is 0 Å². The molecule has 0 saturated carbocycles. The zero-order valence-corrected chi connectivity index (χ0v) is 16.1. The lowest BCUT2D eigenvalue weighted by atomic mass is 9.93. The van der Waals surface area contributed by atoms with Gasteiger partial charge in [-0.05, 0) is 44.4 Å². The third-order valence-corrected chi connectivity index (χ3v) is 5.99. The van der Waals surface area contributed by atoms with E-state index in [2.05, 4.69) is 28.1 Å². The minimum atomic E-state index is -0.386. The van der Waals surface area contributed by atoms with E-state index in [1.165, 1.54) is 0 Å². The number of carbonyl (C=O) groups is 1. The zero-order chi connectivity index (χ0) is 19.3. The number of nitrogens with one attached hydrogen (secondary N) is 1. The Morgan fingerprint density at radius 3 is 3.04 bits per heavy atom. The van der Waals surface area contributed by atoms with Crippen molar-refractivity contribution in [1.82, 2.24) is 24.5 Å². The fraction of sp³-hybridized carbons (Fsp3) is 0.318. The molecule has 0 spiro atoms. The largest absolute Gasteiger partial charge is 0.361 e. The summed E-state index contributed by atoms with van der Waals surface area (Å²) >= 11 is 0. The highest BCUT2D eigenvalue weighted by Gasteiger charge is 2.42. The molecule has 4 heterocycles. The number of aromatic nitrogens is 4. The highest BCUT2D eigenvalue weighted by molar-refractivity contribution is 5.89. The standard InChI is InChI=1S/C22H23N5O/c1-15-12-20-23-10-8-19(27(20)25-15)22(2)9-5-11-26(22)21(28)13-16-14-24-18-7-4-3-6-17(16)18/h3-4,6-8,10,12,14,24H,5,9,11,13H2,1-2H3. The molecule has 0 radical (unpaired) electrons. The Labute approximate surface area is 163 Å². The summed E-state index contributed by atoms with van der Waals surface area (Å²) < 4.78 is 1.90. The lowest BCUT2D eigenvalue weighted by molar-refractivity contribution is -0.134. The lowest BCUT2D eigenvalue weighted by Crippen LogP contribution is -2.44. The topological polar surface area (TPSA) is 66.3 Å². The van der Waals surface area contributed by atoms with Crippen LogP contribution in [0.2, 0.25) is 0 Å². The van der Waals surface area contributed by atoms with Crippen LogP contribution in [-0.4, -0.2) is 36.9 Å². The molecule has 0 bridgehead atoms. The summed E-state index contributed by atoms with van der Waals surface area (Å²) in [4.78, 5) is 23.1. The number of aromatic amines is 1. The highest BCUT2D eigenvalue weighted by atomic mass is 16.2.